The van der Waals surface area contributed by atoms with E-state index in [0.717, 1.165) is 31.7 Å². The van der Waals surface area contributed by atoms with Crippen LogP contribution in [0.5, 0.6) is 0 Å². The van der Waals surface area contributed by atoms with Gasteiger partial charge >= 0.3 is 0 Å². The van der Waals surface area contributed by atoms with Gasteiger partial charge in [0.15, 0.2) is 5.82 Å². The Labute approximate surface area is 162 Å². The third-order valence-corrected chi connectivity index (χ3v) is 5.34. The SMILES string of the molecule is O=C(Cc1c(Cl)cccc1Cl)Nc1cccnc1N1CCC(CO)CC1. The highest BCUT2D eigenvalue weighted by Gasteiger charge is 2.22. The van der Waals surface area contributed by atoms with E-state index in [2.05, 4.69) is 15.2 Å². The van der Waals surface area contributed by atoms with Crippen LogP contribution in [-0.4, -0.2) is 35.7 Å². The van der Waals surface area contributed by atoms with Crippen LogP contribution in [0.25, 0.3) is 0 Å². The molecule has 1 aromatic heterocycles. The molecule has 26 heavy (non-hydrogen) atoms. The molecule has 1 saturated heterocycles. The van der Waals surface area contributed by atoms with E-state index in [1.807, 2.05) is 6.07 Å². The number of halogens is 2. The van der Waals surface area contributed by atoms with Gasteiger partial charge < -0.3 is 15.3 Å². The number of amides is 1. The van der Waals surface area contributed by atoms with E-state index in [4.69, 9.17) is 23.2 Å². The zero-order valence-electron chi connectivity index (χ0n) is 14.3. The standard InChI is InChI=1S/C19H21Cl2N3O2/c20-15-3-1-4-16(21)14(15)11-18(26)23-17-5-2-8-22-19(17)24-9-6-13(12-25)7-10-24/h1-5,8,13,25H,6-7,9-12H2,(H,23,26). The number of rotatable bonds is 5. The van der Waals surface area contributed by atoms with Crippen LogP contribution in [0.15, 0.2) is 36.5 Å². The number of nitrogens with zero attached hydrogens (tertiary/aromatic N) is 2. The second-order valence-corrected chi connectivity index (χ2v) is 7.23. The first-order valence-corrected chi connectivity index (χ1v) is 9.37. The summed E-state index contributed by atoms with van der Waals surface area (Å²) < 4.78 is 0. The molecule has 0 unspecified atom stereocenters. The second kappa shape index (κ2) is 8.71. The van der Waals surface area contributed by atoms with Gasteiger partial charge in [-0.25, -0.2) is 4.98 Å². The molecule has 5 nitrogen and oxygen atoms in total. The van der Waals surface area contributed by atoms with Crippen LogP contribution in [0, 0.1) is 5.92 Å². The normalized spacial score (nSPS) is 15.1. The highest BCUT2D eigenvalue weighted by Crippen LogP contribution is 2.29. The minimum absolute atomic E-state index is 0.0967. The van der Waals surface area contributed by atoms with E-state index in [-0.39, 0.29) is 18.9 Å². The summed E-state index contributed by atoms with van der Waals surface area (Å²) in [5.74, 6) is 0.900. The lowest BCUT2D eigenvalue weighted by Gasteiger charge is -2.33. The Hall–Kier alpha value is -1.82. The first-order valence-electron chi connectivity index (χ1n) is 8.62. The molecule has 2 N–H and O–H groups in total. The van der Waals surface area contributed by atoms with Crippen LogP contribution in [0.1, 0.15) is 18.4 Å². The molecular weight excluding hydrogens is 373 g/mol. The molecule has 0 spiro atoms. The van der Waals surface area contributed by atoms with Gasteiger partial charge in [-0.1, -0.05) is 29.3 Å². The predicted octanol–water partition coefficient (Wildman–Crippen LogP) is 3.78. The Kier molecular flexibility index (Phi) is 6.35. The van der Waals surface area contributed by atoms with Gasteiger partial charge in [-0.05, 0) is 48.6 Å². The molecule has 0 aliphatic carbocycles. The first-order chi connectivity index (χ1) is 12.6. The molecule has 2 aromatic rings. The van der Waals surface area contributed by atoms with Crippen molar-refractivity contribution in [1.82, 2.24) is 4.98 Å². The van der Waals surface area contributed by atoms with Crippen molar-refractivity contribution in [2.75, 3.05) is 29.9 Å². The zero-order chi connectivity index (χ0) is 18.5. The number of carbonyl (C=O) groups excluding carboxylic acids is 1. The van der Waals surface area contributed by atoms with Crippen LogP contribution in [-0.2, 0) is 11.2 Å². The van der Waals surface area contributed by atoms with Crippen LogP contribution < -0.4 is 10.2 Å². The van der Waals surface area contributed by atoms with Gasteiger partial charge in [0.05, 0.1) is 12.1 Å². The monoisotopic (exact) mass is 393 g/mol. The van der Waals surface area contributed by atoms with Gasteiger partial charge in [0.1, 0.15) is 0 Å². The lowest BCUT2D eigenvalue weighted by Crippen LogP contribution is -2.36. The number of hydrogen-bond donors (Lipinski definition) is 2. The molecule has 1 aliphatic heterocycles. The minimum Gasteiger partial charge on any atom is -0.396 e. The van der Waals surface area contributed by atoms with Gasteiger partial charge in [0.2, 0.25) is 5.91 Å². The first kappa shape index (κ1) is 19.0. The number of piperidine rings is 1. The fraction of sp³-hybridized carbons (Fsp3) is 0.368. The number of aliphatic hydroxyl groups is 1. The number of hydrogen-bond acceptors (Lipinski definition) is 4. The van der Waals surface area contributed by atoms with Crippen molar-refractivity contribution in [3.8, 4) is 0 Å². The van der Waals surface area contributed by atoms with Gasteiger partial charge in [0, 0.05) is 35.9 Å². The van der Waals surface area contributed by atoms with Gasteiger partial charge in [0.25, 0.3) is 0 Å². The molecule has 1 aliphatic rings. The number of pyridine rings is 1. The van der Waals surface area contributed by atoms with Crippen molar-refractivity contribution in [3.63, 3.8) is 0 Å². The lowest BCUT2D eigenvalue weighted by atomic mass is 9.98. The van der Waals surface area contributed by atoms with Gasteiger partial charge in [-0.15, -0.1) is 0 Å². The highest BCUT2D eigenvalue weighted by molar-refractivity contribution is 6.36. The van der Waals surface area contributed by atoms with Crippen molar-refractivity contribution >= 4 is 40.6 Å². The molecule has 0 atom stereocenters. The Balaban J connectivity index is 1.71. The summed E-state index contributed by atoms with van der Waals surface area (Å²) in [5, 5.41) is 13.2. The molecule has 0 radical (unpaired) electrons. The molecule has 2 heterocycles. The van der Waals surface area contributed by atoms with Crippen molar-refractivity contribution in [2.45, 2.75) is 19.3 Å². The molecule has 1 fully saturated rings. The largest absolute Gasteiger partial charge is 0.396 e. The number of aliphatic hydroxyl groups excluding tert-OH is 1. The van der Waals surface area contributed by atoms with Crippen LogP contribution in [0.4, 0.5) is 11.5 Å². The smallest absolute Gasteiger partial charge is 0.229 e. The summed E-state index contributed by atoms with van der Waals surface area (Å²) >= 11 is 12.3. The highest BCUT2D eigenvalue weighted by atomic mass is 35.5. The molecule has 1 aromatic carbocycles. The van der Waals surface area contributed by atoms with E-state index in [1.54, 1.807) is 30.5 Å². The summed E-state index contributed by atoms with van der Waals surface area (Å²) in [6.07, 6.45) is 3.64. The topological polar surface area (TPSA) is 65.5 Å². The Morgan fingerprint density at radius 2 is 1.88 bits per heavy atom. The molecule has 7 heteroatoms. The Bertz CT molecular complexity index is 757. The summed E-state index contributed by atoms with van der Waals surface area (Å²) in [5.41, 5.74) is 1.28. The minimum atomic E-state index is -0.195. The average Bonchev–Trinajstić information content (AvgIpc) is 2.65. The van der Waals surface area contributed by atoms with Crippen LogP contribution >= 0.6 is 23.2 Å². The number of aromatic nitrogens is 1. The summed E-state index contributed by atoms with van der Waals surface area (Å²) in [7, 11) is 0. The Morgan fingerprint density at radius 3 is 2.54 bits per heavy atom. The fourth-order valence-corrected chi connectivity index (χ4v) is 3.66. The third-order valence-electron chi connectivity index (χ3n) is 4.63. The molecule has 3 rings (SSSR count). The van der Waals surface area contributed by atoms with Crippen molar-refractivity contribution in [2.24, 2.45) is 5.92 Å². The summed E-state index contributed by atoms with van der Waals surface area (Å²) in [6.45, 7) is 1.83. The second-order valence-electron chi connectivity index (χ2n) is 6.41. The van der Waals surface area contributed by atoms with Crippen LogP contribution in [0.2, 0.25) is 10.0 Å². The number of nitrogens with one attached hydrogen (secondary N) is 1. The van der Waals surface area contributed by atoms with Crippen molar-refractivity contribution < 1.29 is 9.90 Å². The number of benzene rings is 1. The lowest BCUT2D eigenvalue weighted by molar-refractivity contribution is -0.115. The maximum atomic E-state index is 12.5. The molecule has 0 bridgehead atoms. The van der Waals surface area contributed by atoms with E-state index in [0.29, 0.717) is 27.2 Å². The predicted molar refractivity (Wildman–Crippen MR) is 105 cm³/mol. The Morgan fingerprint density at radius 1 is 1.19 bits per heavy atom. The molecule has 1 amide bonds. The van der Waals surface area contributed by atoms with E-state index in [9.17, 15) is 9.90 Å². The fourth-order valence-electron chi connectivity index (χ4n) is 3.13. The summed E-state index contributed by atoms with van der Waals surface area (Å²) in [4.78, 5) is 19.1. The van der Waals surface area contributed by atoms with E-state index >= 15 is 0 Å². The van der Waals surface area contributed by atoms with Crippen molar-refractivity contribution in [3.05, 3.63) is 52.1 Å². The number of anilines is 2. The van der Waals surface area contributed by atoms with Crippen molar-refractivity contribution in [1.29, 1.82) is 0 Å². The van der Waals surface area contributed by atoms with Gasteiger partial charge in [-0.2, -0.15) is 0 Å². The zero-order valence-corrected chi connectivity index (χ0v) is 15.8. The van der Waals surface area contributed by atoms with E-state index < -0.39 is 0 Å². The van der Waals surface area contributed by atoms with E-state index in [1.165, 1.54) is 0 Å². The average molecular weight is 394 g/mol. The quantitative estimate of drug-likeness (QED) is 0.810. The maximum Gasteiger partial charge on any atom is 0.229 e. The third kappa shape index (κ3) is 4.47. The van der Waals surface area contributed by atoms with Gasteiger partial charge in [-0.3, -0.25) is 4.79 Å². The maximum absolute atomic E-state index is 12.5. The molecule has 0 saturated carbocycles. The molecule has 138 valence electrons. The van der Waals surface area contributed by atoms with Crippen LogP contribution in [0.3, 0.4) is 0 Å². The summed E-state index contributed by atoms with van der Waals surface area (Å²) in [6, 6.07) is 8.82. The molecular formula is C19H21Cl2N3O2. The number of carbonyl (C=O) groups is 1.